The number of benzene rings is 1. The van der Waals surface area contributed by atoms with E-state index in [1.165, 1.54) is 0 Å². The Kier molecular flexibility index (Phi) is 4.27. The molecule has 0 aliphatic heterocycles. The van der Waals surface area contributed by atoms with Gasteiger partial charge in [0.1, 0.15) is 5.75 Å². The summed E-state index contributed by atoms with van der Waals surface area (Å²) in [5.74, 6) is 0.870. The Hall–Kier alpha value is 0.657. The fraction of sp³-hybridized carbons (Fsp3) is 0.143. The molecule has 0 saturated carbocycles. The van der Waals surface area contributed by atoms with Crippen molar-refractivity contribution in [1.82, 2.24) is 0 Å². The van der Waals surface area contributed by atoms with E-state index in [1.807, 2.05) is 30.3 Å². The van der Waals surface area contributed by atoms with Crippen molar-refractivity contribution < 1.29 is 8.85 Å². The van der Waals surface area contributed by atoms with E-state index >= 15 is 0 Å². The van der Waals surface area contributed by atoms with Gasteiger partial charge in [-0.25, -0.2) is 0 Å². The molecule has 0 aliphatic rings. The van der Waals surface area contributed by atoms with Crippen LogP contribution in [0.1, 0.15) is 0 Å². The van der Waals surface area contributed by atoms with Crippen molar-refractivity contribution in [3.8, 4) is 5.75 Å². The lowest BCUT2D eigenvalue weighted by Crippen LogP contribution is -2.29. The first kappa shape index (κ1) is 10.7. The van der Waals surface area contributed by atoms with Crippen LogP contribution in [0.3, 0.4) is 0 Å². The average Bonchev–Trinajstić information content (AvgIpc) is 2.06. The van der Waals surface area contributed by atoms with Crippen LogP contribution in [0.2, 0.25) is 0 Å². The maximum Gasteiger partial charge on any atom is 0.537 e. The quantitative estimate of drug-likeness (QED) is 0.437. The standard InChI is InChI=1S/C7H8I2O2Si/c1-10-12(8,9)11-7-5-3-2-4-6-7/h2-6H,1H3. The van der Waals surface area contributed by atoms with Gasteiger partial charge in [-0.3, -0.25) is 0 Å². The average molecular weight is 406 g/mol. The van der Waals surface area contributed by atoms with Gasteiger partial charge in [0, 0.05) is 7.11 Å². The Labute approximate surface area is 98.3 Å². The van der Waals surface area contributed by atoms with Crippen molar-refractivity contribution in [1.29, 1.82) is 0 Å². The van der Waals surface area contributed by atoms with Crippen LogP contribution in [0, 0.1) is 0 Å². The number of rotatable bonds is 3. The van der Waals surface area contributed by atoms with E-state index < -0.39 is 3.55 Å². The highest BCUT2D eigenvalue weighted by Gasteiger charge is 2.31. The molecule has 0 aliphatic carbocycles. The van der Waals surface area contributed by atoms with Gasteiger partial charge in [-0.15, -0.1) is 0 Å². The summed E-state index contributed by atoms with van der Waals surface area (Å²) in [4.78, 5) is 0. The molecule has 0 spiro atoms. The van der Waals surface area contributed by atoms with Crippen molar-refractivity contribution in [2.75, 3.05) is 7.11 Å². The Morgan fingerprint density at radius 3 is 2.25 bits per heavy atom. The molecule has 0 heterocycles. The number of hydrogen-bond acceptors (Lipinski definition) is 2. The summed E-state index contributed by atoms with van der Waals surface area (Å²) in [7, 11) is 1.67. The molecule has 0 atom stereocenters. The largest absolute Gasteiger partial charge is 0.537 e. The zero-order valence-corrected chi connectivity index (χ0v) is 11.8. The highest BCUT2D eigenvalue weighted by molar-refractivity contribution is 14.3. The van der Waals surface area contributed by atoms with Crippen LogP contribution in [0.4, 0.5) is 0 Å². The SMILES string of the molecule is CO[Si](I)(I)Oc1ccccc1. The molecule has 66 valence electrons. The third-order valence-corrected chi connectivity index (χ3v) is 6.13. The molecule has 2 nitrogen and oxygen atoms in total. The van der Waals surface area contributed by atoms with Crippen LogP contribution in [0.15, 0.2) is 30.3 Å². The molecule has 0 N–H and O–H groups in total. The van der Waals surface area contributed by atoms with E-state index in [1.54, 1.807) is 7.11 Å². The van der Waals surface area contributed by atoms with Gasteiger partial charge in [0.25, 0.3) is 0 Å². The Bertz CT molecular complexity index is 240. The predicted molar refractivity (Wildman–Crippen MR) is 67.9 cm³/mol. The van der Waals surface area contributed by atoms with E-state index in [4.69, 9.17) is 8.85 Å². The summed E-state index contributed by atoms with van der Waals surface area (Å²) in [6, 6.07) is 9.71. The van der Waals surface area contributed by atoms with E-state index in [9.17, 15) is 0 Å². The maximum absolute atomic E-state index is 5.64. The van der Waals surface area contributed by atoms with Gasteiger partial charge in [-0.05, 0) is 55.7 Å². The normalized spacial score (nSPS) is 11.2. The van der Waals surface area contributed by atoms with E-state index in [0.717, 1.165) is 5.75 Å². The first-order valence-corrected chi connectivity index (χ1v) is 11.4. The monoisotopic (exact) mass is 406 g/mol. The molecule has 1 aromatic rings. The molecule has 5 heteroatoms. The highest BCUT2D eigenvalue weighted by atomic mass is 127. The minimum atomic E-state index is -1.98. The van der Waals surface area contributed by atoms with Crippen molar-refractivity contribution >= 4 is 47.1 Å². The Balaban J connectivity index is 2.64. The summed E-state index contributed by atoms with van der Waals surface area (Å²) < 4.78 is 8.89. The molecule has 0 radical (unpaired) electrons. The van der Waals surface area contributed by atoms with Crippen LogP contribution < -0.4 is 4.43 Å². The smallest absolute Gasteiger partial charge is 0.507 e. The van der Waals surface area contributed by atoms with Crippen molar-refractivity contribution in [2.24, 2.45) is 0 Å². The van der Waals surface area contributed by atoms with Gasteiger partial charge in [-0.2, -0.15) is 0 Å². The summed E-state index contributed by atoms with van der Waals surface area (Å²) in [5.41, 5.74) is 0. The molecule has 0 saturated heterocycles. The van der Waals surface area contributed by atoms with Gasteiger partial charge in [0.15, 0.2) is 0 Å². The second-order valence-corrected chi connectivity index (χ2v) is 18.3. The summed E-state index contributed by atoms with van der Waals surface area (Å²) in [6.07, 6.45) is 0. The maximum atomic E-state index is 5.64. The Morgan fingerprint density at radius 1 is 1.17 bits per heavy atom. The van der Waals surface area contributed by atoms with Crippen LogP contribution >= 0.6 is 43.6 Å². The van der Waals surface area contributed by atoms with Crippen LogP contribution in [-0.4, -0.2) is 10.7 Å². The zero-order valence-electron chi connectivity index (χ0n) is 6.46. The molecule has 1 aromatic carbocycles. The molecule has 0 bridgehead atoms. The summed E-state index contributed by atoms with van der Waals surface area (Å²) >= 11 is 4.45. The third-order valence-electron chi connectivity index (χ3n) is 1.22. The zero-order chi connectivity index (χ0) is 9.03. The lowest BCUT2D eigenvalue weighted by Gasteiger charge is -2.16. The number of hydrogen-bond donors (Lipinski definition) is 0. The first-order valence-electron chi connectivity index (χ1n) is 3.31. The van der Waals surface area contributed by atoms with Crippen molar-refractivity contribution in [3.05, 3.63) is 30.3 Å². The second-order valence-electron chi connectivity index (χ2n) is 2.08. The van der Waals surface area contributed by atoms with Crippen LogP contribution in [0.5, 0.6) is 5.75 Å². The van der Waals surface area contributed by atoms with E-state index in [0.29, 0.717) is 0 Å². The van der Waals surface area contributed by atoms with E-state index in [-0.39, 0.29) is 0 Å². The van der Waals surface area contributed by atoms with Crippen LogP contribution in [-0.2, 0) is 4.43 Å². The minimum Gasteiger partial charge on any atom is -0.507 e. The summed E-state index contributed by atoms with van der Waals surface area (Å²) in [5, 5.41) is 0. The van der Waals surface area contributed by atoms with Crippen molar-refractivity contribution in [3.63, 3.8) is 0 Å². The lowest BCUT2D eigenvalue weighted by atomic mass is 10.3. The predicted octanol–water partition coefficient (Wildman–Crippen LogP) is 3.02. The fourth-order valence-corrected chi connectivity index (χ4v) is 2.69. The molecule has 1 rings (SSSR count). The molecular formula is C7H8I2O2Si. The van der Waals surface area contributed by atoms with Crippen molar-refractivity contribution in [2.45, 2.75) is 0 Å². The number of halogens is 2. The molecule has 0 amide bonds. The Morgan fingerprint density at radius 2 is 1.75 bits per heavy atom. The highest BCUT2D eigenvalue weighted by Crippen LogP contribution is 2.26. The lowest BCUT2D eigenvalue weighted by molar-refractivity contribution is 0.358. The van der Waals surface area contributed by atoms with Gasteiger partial charge < -0.3 is 8.85 Å². The summed E-state index contributed by atoms with van der Waals surface area (Å²) in [6.45, 7) is 0. The van der Waals surface area contributed by atoms with Gasteiger partial charge in [0.05, 0.1) is 0 Å². The van der Waals surface area contributed by atoms with Gasteiger partial charge in [0.2, 0.25) is 0 Å². The molecule has 0 aromatic heterocycles. The fourth-order valence-electron chi connectivity index (χ4n) is 0.667. The second kappa shape index (κ2) is 4.77. The van der Waals surface area contributed by atoms with Gasteiger partial charge in [-0.1, -0.05) is 18.2 Å². The molecule has 12 heavy (non-hydrogen) atoms. The van der Waals surface area contributed by atoms with Gasteiger partial charge >= 0.3 is 3.55 Å². The third kappa shape index (κ3) is 3.58. The minimum absolute atomic E-state index is 0.870. The first-order chi connectivity index (χ1) is 5.64. The molecule has 0 unspecified atom stereocenters. The van der Waals surface area contributed by atoms with E-state index in [2.05, 4.69) is 43.6 Å². The topological polar surface area (TPSA) is 18.5 Å². The molecule has 0 fully saturated rings. The molecular weight excluding hydrogens is 398 g/mol. The van der Waals surface area contributed by atoms with Crippen LogP contribution in [0.25, 0.3) is 0 Å². The number of para-hydroxylation sites is 1.